The molecule has 0 spiro atoms. The van der Waals surface area contributed by atoms with Crippen molar-refractivity contribution in [2.75, 3.05) is 13.7 Å². The summed E-state index contributed by atoms with van der Waals surface area (Å²) >= 11 is 0. The highest BCUT2D eigenvalue weighted by Crippen LogP contribution is 2.34. The van der Waals surface area contributed by atoms with Gasteiger partial charge in [-0.3, -0.25) is 0 Å². The van der Waals surface area contributed by atoms with Gasteiger partial charge in [-0.2, -0.15) is 0 Å². The third-order valence-corrected chi connectivity index (χ3v) is 11.7. The Morgan fingerprint density at radius 1 is 0.323 bits per heavy atom. The van der Waals surface area contributed by atoms with Gasteiger partial charge in [0.2, 0.25) is 0 Å². The molecule has 2 aliphatic heterocycles. The lowest BCUT2D eigenvalue weighted by molar-refractivity contribution is -0.347. The van der Waals surface area contributed by atoms with Crippen molar-refractivity contribution in [2.24, 2.45) is 0 Å². The van der Waals surface area contributed by atoms with Gasteiger partial charge in [0.15, 0.2) is 12.6 Å². The number of benzene rings is 6. The second-order valence-electron chi connectivity index (χ2n) is 16.4. The first-order valence-corrected chi connectivity index (χ1v) is 22.5. The molecule has 2 saturated heterocycles. The minimum atomic E-state index is -0.888. The van der Waals surface area contributed by atoms with E-state index in [2.05, 4.69) is 0 Å². The summed E-state index contributed by atoms with van der Waals surface area (Å²) in [6.07, 6.45) is -6.59. The highest BCUT2D eigenvalue weighted by Gasteiger charge is 2.51. The fourth-order valence-corrected chi connectivity index (χ4v) is 8.26. The fourth-order valence-electron chi connectivity index (χ4n) is 8.26. The fraction of sp³-hybridized carbons (Fsp3) is 0.345. The summed E-state index contributed by atoms with van der Waals surface area (Å²) < 4.78 is 67.4. The monoisotopic (exact) mass is 880 g/mol. The van der Waals surface area contributed by atoms with E-state index in [1.165, 1.54) is 0 Å². The van der Waals surface area contributed by atoms with Crippen LogP contribution in [0.15, 0.2) is 182 Å². The van der Waals surface area contributed by atoms with E-state index in [1.807, 2.05) is 189 Å². The standard InChI is InChI=1S/C55H60O10/c1-40-48(57-33-41-21-9-3-10-22-41)50(59-35-43-25-13-5-14-26-43)53(62-38-46-31-19-8-20-32-46)55(64-40)63-39-47-49(58-34-42-23-11-4-12-24-42)51(60-36-44-27-15-6-16-28-44)52(54(56-2)65-47)61-37-45-29-17-7-18-30-45/h3-32,40,47-55H,33-39H2,1-2H3/t40-,47+,48+,49-,50+,51-,52+,53-,54+,55+/m0/s1. The smallest absolute Gasteiger partial charge is 0.186 e. The van der Waals surface area contributed by atoms with Gasteiger partial charge in [0.25, 0.3) is 0 Å². The van der Waals surface area contributed by atoms with Crippen LogP contribution in [0.2, 0.25) is 0 Å². The molecular weight excluding hydrogens is 821 g/mol. The van der Waals surface area contributed by atoms with Gasteiger partial charge in [0.05, 0.1) is 52.4 Å². The van der Waals surface area contributed by atoms with Crippen molar-refractivity contribution in [3.63, 3.8) is 0 Å². The minimum Gasteiger partial charge on any atom is -0.368 e. The van der Waals surface area contributed by atoms with Gasteiger partial charge >= 0.3 is 0 Å². The van der Waals surface area contributed by atoms with Gasteiger partial charge in [0.1, 0.15) is 42.7 Å². The molecular formula is C55H60O10. The summed E-state index contributed by atoms with van der Waals surface area (Å²) in [7, 11) is 1.62. The maximum Gasteiger partial charge on any atom is 0.186 e. The lowest BCUT2D eigenvalue weighted by atomic mass is 9.97. The van der Waals surface area contributed by atoms with Crippen molar-refractivity contribution in [1.82, 2.24) is 0 Å². The first-order chi connectivity index (χ1) is 32.1. The molecule has 2 aliphatic rings. The second kappa shape index (κ2) is 24.4. The zero-order chi connectivity index (χ0) is 44.5. The van der Waals surface area contributed by atoms with E-state index in [0.717, 1.165) is 33.4 Å². The molecule has 65 heavy (non-hydrogen) atoms. The maximum absolute atomic E-state index is 6.90. The van der Waals surface area contributed by atoms with Crippen LogP contribution in [0.25, 0.3) is 0 Å². The zero-order valence-corrected chi connectivity index (χ0v) is 37.1. The molecule has 8 rings (SSSR count). The molecule has 10 heteroatoms. The first-order valence-electron chi connectivity index (χ1n) is 22.5. The molecule has 0 aliphatic carbocycles. The predicted octanol–water partition coefficient (Wildman–Crippen LogP) is 9.63. The van der Waals surface area contributed by atoms with Gasteiger partial charge in [-0.15, -0.1) is 0 Å². The third kappa shape index (κ3) is 13.3. The molecule has 0 saturated carbocycles. The number of hydrogen-bond acceptors (Lipinski definition) is 10. The molecule has 0 bridgehead atoms. The highest BCUT2D eigenvalue weighted by molar-refractivity contribution is 5.18. The van der Waals surface area contributed by atoms with E-state index < -0.39 is 61.4 Å². The Balaban J connectivity index is 1.09. The molecule has 6 aromatic rings. The second-order valence-corrected chi connectivity index (χ2v) is 16.4. The Labute approximate surface area is 383 Å². The number of hydrogen-bond donors (Lipinski definition) is 0. The van der Waals surface area contributed by atoms with E-state index in [9.17, 15) is 0 Å². The first kappa shape index (κ1) is 46.4. The van der Waals surface area contributed by atoms with Gasteiger partial charge in [-0.05, 0) is 40.3 Å². The van der Waals surface area contributed by atoms with Gasteiger partial charge in [0, 0.05) is 7.11 Å². The van der Waals surface area contributed by atoms with Gasteiger partial charge < -0.3 is 47.4 Å². The molecule has 0 unspecified atom stereocenters. The molecule has 0 radical (unpaired) electrons. The maximum atomic E-state index is 6.90. The van der Waals surface area contributed by atoms with Crippen LogP contribution >= 0.6 is 0 Å². The molecule has 0 amide bonds. The van der Waals surface area contributed by atoms with Crippen LogP contribution in [0.4, 0.5) is 0 Å². The molecule has 0 aromatic heterocycles. The molecule has 340 valence electrons. The molecule has 6 aromatic carbocycles. The number of methoxy groups -OCH3 is 1. The Hall–Kier alpha value is -5.08. The van der Waals surface area contributed by atoms with Crippen molar-refractivity contribution < 1.29 is 47.4 Å². The lowest BCUT2D eigenvalue weighted by Crippen LogP contribution is -2.63. The topological polar surface area (TPSA) is 92.3 Å². The van der Waals surface area contributed by atoms with Crippen LogP contribution in [0.1, 0.15) is 40.3 Å². The summed E-state index contributed by atoms with van der Waals surface area (Å²) in [5, 5.41) is 0. The summed E-state index contributed by atoms with van der Waals surface area (Å²) in [5.74, 6) is 0. The molecule has 2 fully saturated rings. The van der Waals surface area contributed by atoms with Crippen molar-refractivity contribution in [1.29, 1.82) is 0 Å². The van der Waals surface area contributed by atoms with Crippen LogP contribution in [0, 0.1) is 0 Å². The van der Waals surface area contributed by atoms with Crippen LogP contribution in [-0.4, -0.2) is 75.1 Å². The number of rotatable bonds is 22. The van der Waals surface area contributed by atoms with Gasteiger partial charge in [-0.1, -0.05) is 182 Å². The van der Waals surface area contributed by atoms with E-state index in [1.54, 1.807) is 7.11 Å². The molecule has 0 N–H and O–H groups in total. The van der Waals surface area contributed by atoms with Gasteiger partial charge in [-0.25, -0.2) is 0 Å². The van der Waals surface area contributed by atoms with Crippen LogP contribution in [-0.2, 0) is 87.0 Å². The third-order valence-electron chi connectivity index (χ3n) is 11.7. The molecule has 2 heterocycles. The quantitative estimate of drug-likeness (QED) is 0.0657. The lowest BCUT2D eigenvalue weighted by Gasteiger charge is -2.47. The Bertz CT molecular complexity index is 2200. The van der Waals surface area contributed by atoms with Crippen LogP contribution < -0.4 is 0 Å². The summed E-state index contributed by atoms with van der Waals surface area (Å²) in [5.41, 5.74) is 6.09. The molecule has 10 nitrogen and oxygen atoms in total. The van der Waals surface area contributed by atoms with E-state index in [-0.39, 0.29) is 6.61 Å². The summed E-state index contributed by atoms with van der Waals surface area (Å²) in [6, 6.07) is 60.4. The normalized spacial score (nSPS) is 25.6. The Morgan fingerprint density at radius 3 is 0.969 bits per heavy atom. The minimum absolute atomic E-state index is 0.0411. The van der Waals surface area contributed by atoms with Crippen molar-refractivity contribution in [2.45, 2.75) is 108 Å². The van der Waals surface area contributed by atoms with Crippen molar-refractivity contribution in [3.05, 3.63) is 215 Å². The largest absolute Gasteiger partial charge is 0.368 e. The van der Waals surface area contributed by atoms with E-state index in [0.29, 0.717) is 39.6 Å². The van der Waals surface area contributed by atoms with E-state index >= 15 is 0 Å². The highest BCUT2D eigenvalue weighted by atomic mass is 16.7. The SMILES string of the molecule is CO[C@@H]1O[C@H](CO[C@@H]2O[C@@H](C)[C@@H](OCc3ccccc3)[C@@H](OCc3ccccc3)[C@@H]2OCc2ccccc2)[C@H](OCc2ccccc2)[C@H](OCc2ccccc2)[C@H]1OCc1ccccc1. The summed E-state index contributed by atoms with van der Waals surface area (Å²) in [6.45, 7) is 3.97. The van der Waals surface area contributed by atoms with Crippen LogP contribution in [0.3, 0.4) is 0 Å². The Morgan fingerprint density at radius 2 is 0.615 bits per heavy atom. The number of ether oxygens (including phenoxy) is 10. The average molecular weight is 881 g/mol. The predicted molar refractivity (Wildman–Crippen MR) is 246 cm³/mol. The average Bonchev–Trinajstić information content (AvgIpc) is 3.36. The van der Waals surface area contributed by atoms with Crippen molar-refractivity contribution in [3.8, 4) is 0 Å². The summed E-state index contributed by atoms with van der Waals surface area (Å²) in [4.78, 5) is 0. The zero-order valence-electron chi connectivity index (χ0n) is 37.1. The van der Waals surface area contributed by atoms with Crippen molar-refractivity contribution >= 4 is 0 Å². The molecule has 10 atom stereocenters. The Kier molecular flexibility index (Phi) is 17.5. The van der Waals surface area contributed by atoms with E-state index in [4.69, 9.17) is 47.4 Å². The van der Waals surface area contributed by atoms with Crippen LogP contribution in [0.5, 0.6) is 0 Å².